The van der Waals surface area contributed by atoms with E-state index in [1.54, 1.807) is 4.90 Å². The predicted octanol–water partition coefficient (Wildman–Crippen LogP) is 4.10. The van der Waals surface area contributed by atoms with Gasteiger partial charge in [0.1, 0.15) is 5.54 Å². The molecule has 1 saturated carbocycles. The minimum atomic E-state index is -0.726. The minimum absolute atomic E-state index is 0.0198. The molecular formula is C21H29ClN2O2. The van der Waals surface area contributed by atoms with E-state index in [1.165, 1.54) is 25.7 Å². The van der Waals surface area contributed by atoms with Gasteiger partial charge in [-0.3, -0.25) is 9.59 Å². The normalized spacial score (nSPS) is 24.5. The molecule has 2 aliphatic rings. The molecule has 3 rings (SSSR count). The molecule has 1 heterocycles. The van der Waals surface area contributed by atoms with Crippen molar-refractivity contribution in [2.45, 2.75) is 76.3 Å². The molecule has 1 aliphatic carbocycles. The van der Waals surface area contributed by atoms with Crippen molar-refractivity contribution in [2.75, 3.05) is 6.54 Å². The molecule has 0 radical (unpaired) electrons. The van der Waals surface area contributed by atoms with Crippen LogP contribution in [-0.2, 0) is 16.0 Å². The number of hydrogen-bond donors (Lipinski definition) is 1. The molecule has 0 bridgehead atoms. The third kappa shape index (κ3) is 4.40. The molecule has 1 saturated heterocycles. The van der Waals surface area contributed by atoms with Crippen molar-refractivity contribution in [2.24, 2.45) is 0 Å². The van der Waals surface area contributed by atoms with Crippen molar-refractivity contribution >= 4 is 23.4 Å². The van der Waals surface area contributed by atoms with Gasteiger partial charge < -0.3 is 10.2 Å². The maximum absolute atomic E-state index is 13.0. The highest BCUT2D eigenvalue weighted by Crippen LogP contribution is 2.31. The molecule has 26 heavy (non-hydrogen) atoms. The van der Waals surface area contributed by atoms with Gasteiger partial charge in [-0.1, -0.05) is 49.4 Å². The van der Waals surface area contributed by atoms with Crippen molar-refractivity contribution in [1.29, 1.82) is 0 Å². The number of nitrogens with zero attached hydrogens (tertiary/aromatic N) is 1. The molecule has 5 heteroatoms. The maximum atomic E-state index is 13.0. The van der Waals surface area contributed by atoms with Gasteiger partial charge in [-0.05, 0) is 50.3 Å². The van der Waals surface area contributed by atoms with E-state index in [0.29, 0.717) is 24.4 Å². The molecule has 0 unspecified atom stereocenters. The van der Waals surface area contributed by atoms with Gasteiger partial charge in [0.05, 0.1) is 0 Å². The van der Waals surface area contributed by atoms with E-state index >= 15 is 0 Å². The fourth-order valence-electron chi connectivity index (χ4n) is 4.16. The van der Waals surface area contributed by atoms with Crippen molar-refractivity contribution in [3.63, 3.8) is 0 Å². The van der Waals surface area contributed by atoms with E-state index in [0.717, 1.165) is 24.8 Å². The van der Waals surface area contributed by atoms with Crippen LogP contribution >= 0.6 is 11.6 Å². The molecule has 1 N–H and O–H groups in total. The van der Waals surface area contributed by atoms with Crippen molar-refractivity contribution < 1.29 is 9.59 Å². The molecule has 2 fully saturated rings. The summed E-state index contributed by atoms with van der Waals surface area (Å²) in [7, 11) is 0. The highest BCUT2D eigenvalue weighted by atomic mass is 35.5. The van der Waals surface area contributed by atoms with Crippen LogP contribution in [0, 0.1) is 0 Å². The lowest BCUT2D eigenvalue weighted by Gasteiger charge is -2.35. The van der Waals surface area contributed by atoms with Crippen molar-refractivity contribution in [1.82, 2.24) is 10.2 Å². The minimum Gasteiger partial charge on any atom is -0.351 e. The highest BCUT2D eigenvalue weighted by Gasteiger charge is 2.47. The molecule has 1 aliphatic heterocycles. The summed E-state index contributed by atoms with van der Waals surface area (Å²) in [6, 6.07) is 7.94. The van der Waals surface area contributed by atoms with E-state index in [2.05, 4.69) is 5.32 Å². The number of amides is 2. The Morgan fingerprint density at radius 2 is 1.85 bits per heavy atom. The van der Waals surface area contributed by atoms with Crippen molar-refractivity contribution in [3.8, 4) is 0 Å². The van der Waals surface area contributed by atoms with Gasteiger partial charge in [0, 0.05) is 24.0 Å². The van der Waals surface area contributed by atoms with E-state index in [4.69, 9.17) is 11.6 Å². The van der Waals surface area contributed by atoms with Gasteiger partial charge in [0.25, 0.3) is 0 Å². The van der Waals surface area contributed by atoms with E-state index < -0.39 is 5.54 Å². The zero-order valence-corrected chi connectivity index (χ0v) is 16.4. The summed E-state index contributed by atoms with van der Waals surface area (Å²) in [5.41, 5.74) is 0.399. The first-order chi connectivity index (χ1) is 12.5. The number of rotatable bonds is 5. The fraction of sp³-hybridized carbons (Fsp3) is 0.619. The fourth-order valence-corrected chi connectivity index (χ4v) is 4.29. The van der Waals surface area contributed by atoms with Crippen LogP contribution in [0.1, 0.15) is 63.9 Å². The molecule has 1 aromatic carbocycles. The third-order valence-electron chi connectivity index (χ3n) is 5.94. The Balaban J connectivity index is 1.64. The maximum Gasteiger partial charge on any atom is 0.245 e. The van der Waals surface area contributed by atoms with Crippen molar-refractivity contribution in [3.05, 3.63) is 34.9 Å². The van der Waals surface area contributed by atoms with Crippen LogP contribution in [0.2, 0.25) is 5.02 Å². The van der Waals surface area contributed by atoms with Crippen LogP contribution in [0.25, 0.3) is 0 Å². The Hall–Kier alpha value is -1.55. The number of likely N-dealkylation sites (tertiary alicyclic amines) is 1. The number of hydrogen-bond acceptors (Lipinski definition) is 2. The topological polar surface area (TPSA) is 49.4 Å². The van der Waals surface area contributed by atoms with Gasteiger partial charge in [-0.25, -0.2) is 0 Å². The average Bonchev–Trinajstić information content (AvgIpc) is 2.80. The third-order valence-corrected chi connectivity index (χ3v) is 6.19. The molecule has 1 aromatic rings. The van der Waals surface area contributed by atoms with Gasteiger partial charge >= 0.3 is 0 Å². The Bertz CT molecular complexity index is 638. The molecule has 0 spiro atoms. The summed E-state index contributed by atoms with van der Waals surface area (Å²) in [4.78, 5) is 27.3. The molecule has 142 valence electrons. The molecule has 0 aromatic heterocycles. The second kappa shape index (κ2) is 8.43. The van der Waals surface area contributed by atoms with E-state index in [-0.39, 0.29) is 17.9 Å². The lowest BCUT2D eigenvalue weighted by atomic mass is 9.96. The van der Waals surface area contributed by atoms with Gasteiger partial charge in [0.15, 0.2) is 0 Å². The lowest BCUT2D eigenvalue weighted by molar-refractivity contribution is -0.141. The highest BCUT2D eigenvalue weighted by molar-refractivity contribution is 6.30. The Morgan fingerprint density at radius 1 is 1.19 bits per heavy atom. The molecule has 2 amide bonds. The second-order valence-electron chi connectivity index (χ2n) is 7.86. The lowest BCUT2D eigenvalue weighted by Crippen LogP contribution is -2.56. The van der Waals surface area contributed by atoms with Crippen LogP contribution in [0.3, 0.4) is 0 Å². The van der Waals surface area contributed by atoms with Gasteiger partial charge in [-0.15, -0.1) is 0 Å². The molecular weight excluding hydrogens is 348 g/mol. The van der Waals surface area contributed by atoms with Crippen LogP contribution in [0.5, 0.6) is 0 Å². The smallest absolute Gasteiger partial charge is 0.245 e. The zero-order chi connectivity index (χ0) is 18.6. The number of nitrogens with one attached hydrogen (secondary N) is 1. The monoisotopic (exact) mass is 376 g/mol. The largest absolute Gasteiger partial charge is 0.351 e. The zero-order valence-electron chi connectivity index (χ0n) is 15.6. The summed E-state index contributed by atoms with van der Waals surface area (Å²) in [6.07, 6.45) is 8.78. The SMILES string of the molecule is C[C@]1(C(=O)NC2CCCCCC2)CCC(=O)N1CCc1ccc(Cl)cc1. The summed E-state index contributed by atoms with van der Waals surface area (Å²) in [5.74, 6) is 0.101. The second-order valence-corrected chi connectivity index (χ2v) is 8.29. The number of carbonyl (C=O) groups excluding carboxylic acids is 2. The quantitative estimate of drug-likeness (QED) is 0.786. The van der Waals surface area contributed by atoms with Crippen LogP contribution in [-0.4, -0.2) is 34.8 Å². The molecule has 4 nitrogen and oxygen atoms in total. The number of halogens is 1. The van der Waals surface area contributed by atoms with Gasteiger partial charge in [-0.2, -0.15) is 0 Å². The molecule has 1 atom stereocenters. The summed E-state index contributed by atoms with van der Waals surface area (Å²) >= 11 is 5.94. The van der Waals surface area contributed by atoms with Crippen LogP contribution in [0.4, 0.5) is 0 Å². The van der Waals surface area contributed by atoms with E-state index in [1.807, 2.05) is 31.2 Å². The summed E-state index contributed by atoms with van der Waals surface area (Å²) in [5, 5.41) is 3.95. The van der Waals surface area contributed by atoms with Crippen LogP contribution < -0.4 is 5.32 Å². The number of carbonyl (C=O) groups is 2. The van der Waals surface area contributed by atoms with Crippen LogP contribution in [0.15, 0.2) is 24.3 Å². The summed E-state index contributed by atoms with van der Waals surface area (Å²) in [6.45, 7) is 2.49. The standard InChI is InChI=1S/C21H29ClN2O2/c1-21(20(26)23-18-6-4-2-3-5-7-18)14-12-19(25)24(21)15-13-16-8-10-17(22)11-9-16/h8-11,18H,2-7,12-15H2,1H3,(H,23,26)/t21-/m1/s1. The Kier molecular flexibility index (Phi) is 6.23. The Morgan fingerprint density at radius 3 is 2.50 bits per heavy atom. The Labute approximate surface area is 161 Å². The first-order valence-corrected chi connectivity index (χ1v) is 10.2. The predicted molar refractivity (Wildman–Crippen MR) is 104 cm³/mol. The van der Waals surface area contributed by atoms with E-state index in [9.17, 15) is 9.59 Å². The summed E-state index contributed by atoms with van der Waals surface area (Å²) < 4.78 is 0. The number of benzene rings is 1. The first kappa shape index (κ1) is 19.2. The average molecular weight is 377 g/mol. The van der Waals surface area contributed by atoms with Gasteiger partial charge in [0.2, 0.25) is 11.8 Å². The first-order valence-electron chi connectivity index (χ1n) is 9.85.